The number of fused-ring (bicyclic) bond motifs is 3. The van der Waals surface area contributed by atoms with Gasteiger partial charge in [-0.2, -0.15) is 0 Å². The first kappa shape index (κ1) is 14.0. The third kappa shape index (κ3) is 1.85. The minimum Gasteiger partial charge on any atom is -0.357 e. The lowest BCUT2D eigenvalue weighted by molar-refractivity contribution is -0.257. The van der Waals surface area contributed by atoms with Gasteiger partial charge in [0.1, 0.15) is 5.60 Å². The van der Waals surface area contributed by atoms with E-state index < -0.39 is 0 Å². The molecule has 24 heavy (non-hydrogen) atoms. The molecule has 0 radical (unpaired) electrons. The molecule has 1 heterocycles. The summed E-state index contributed by atoms with van der Waals surface area (Å²) in [4.78, 5) is 0. The molecule has 3 atom stereocenters. The minimum atomic E-state index is -0.281. The maximum Gasteiger partial charge on any atom is 0.125 e. The zero-order valence-electron chi connectivity index (χ0n) is 13.6. The highest BCUT2D eigenvalue weighted by Crippen LogP contribution is 2.62. The molecule has 0 aromatic heterocycles. The lowest BCUT2D eigenvalue weighted by atomic mass is 9.61. The largest absolute Gasteiger partial charge is 0.357 e. The van der Waals surface area contributed by atoms with Crippen LogP contribution in [0.2, 0.25) is 0 Å². The van der Waals surface area contributed by atoms with Gasteiger partial charge in [0.2, 0.25) is 0 Å². The summed E-state index contributed by atoms with van der Waals surface area (Å²) in [5, 5.41) is 0. The monoisotopic (exact) mass is 312 g/mol. The molecular weight excluding hydrogens is 292 g/mol. The smallest absolute Gasteiger partial charge is 0.125 e. The molecule has 1 heteroatoms. The van der Waals surface area contributed by atoms with E-state index in [4.69, 9.17) is 4.74 Å². The first-order valence-corrected chi connectivity index (χ1v) is 8.76. The fraction of sp³-hybridized carbons (Fsp3) is 0.217. The second-order valence-electron chi connectivity index (χ2n) is 6.85. The number of hydrogen-bond donors (Lipinski definition) is 0. The highest BCUT2D eigenvalue weighted by Gasteiger charge is 2.59. The van der Waals surface area contributed by atoms with E-state index in [2.05, 4.69) is 84.9 Å². The molecule has 0 bridgehead atoms. The molecule has 0 amide bonds. The van der Waals surface area contributed by atoms with Gasteiger partial charge in [-0.15, -0.1) is 0 Å². The van der Waals surface area contributed by atoms with E-state index in [0.29, 0.717) is 5.92 Å². The first-order chi connectivity index (χ1) is 11.9. The van der Waals surface area contributed by atoms with E-state index in [9.17, 15) is 0 Å². The Bertz CT molecular complexity index is 855. The lowest BCUT2D eigenvalue weighted by Crippen LogP contribution is -2.56. The zero-order chi connectivity index (χ0) is 16.0. The van der Waals surface area contributed by atoms with Crippen LogP contribution < -0.4 is 0 Å². The number of benzene rings is 3. The molecule has 0 spiro atoms. The average molecular weight is 312 g/mol. The fourth-order valence-electron chi connectivity index (χ4n) is 4.61. The summed E-state index contributed by atoms with van der Waals surface area (Å²) in [5.41, 5.74) is 5.10. The summed E-state index contributed by atoms with van der Waals surface area (Å²) >= 11 is 0. The van der Waals surface area contributed by atoms with Gasteiger partial charge in [-0.3, -0.25) is 0 Å². The van der Waals surface area contributed by atoms with Gasteiger partial charge >= 0.3 is 0 Å². The van der Waals surface area contributed by atoms with E-state index in [0.717, 1.165) is 6.42 Å². The van der Waals surface area contributed by atoms with Crippen molar-refractivity contribution in [3.05, 3.63) is 107 Å². The lowest BCUT2D eigenvalue weighted by Gasteiger charge is -2.58. The van der Waals surface area contributed by atoms with E-state index in [1.165, 1.54) is 28.7 Å². The molecule has 5 rings (SSSR count). The first-order valence-electron chi connectivity index (χ1n) is 8.76. The molecule has 3 aromatic rings. The SMILES string of the molecule is c1ccc([C@H]2O[C@]3(c4ccccc4)c4ccccc4CC[C@@H]23)cc1. The highest BCUT2D eigenvalue weighted by atomic mass is 16.5. The fourth-order valence-corrected chi connectivity index (χ4v) is 4.61. The standard InChI is InChI=1S/C23H20O/c1-3-10-18(11-4-1)22-21-16-15-17-9-7-8-14-20(17)23(21,24-22)19-12-5-2-6-13-19/h1-14,21-22H,15-16H2/t21-,22+,23+/m0/s1. The third-order valence-electron chi connectivity index (χ3n) is 5.67. The van der Waals surface area contributed by atoms with Gasteiger partial charge in [0.15, 0.2) is 0 Å². The number of ether oxygens (including phenoxy) is 1. The van der Waals surface area contributed by atoms with Crippen molar-refractivity contribution >= 4 is 0 Å². The topological polar surface area (TPSA) is 9.23 Å². The molecule has 118 valence electrons. The minimum absolute atomic E-state index is 0.194. The summed E-state index contributed by atoms with van der Waals surface area (Å²) in [6.07, 6.45) is 2.51. The molecule has 1 saturated heterocycles. The number of aryl methyl sites for hydroxylation is 1. The summed E-state index contributed by atoms with van der Waals surface area (Å²) < 4.78 is 6.73. The van der Waals surface area contributed by atoms with Crippen molar-refractivity contribution in [2.24, 2.45) is 5.92 Å². The molecule has 0 N–H and O–H groups in total. The highest BCUT2D eigenvalue weighted by molar-refractivity contribution is 5.48. The third-order valence-corrected chi connectivity index (χ3v) is 5.67. The Kier molecular flexibility index (Phi) is 3.11. The van der Waals surface area contributed by atoms with Crippen LogP contribution in [0.25, 0.3) is 0 Å². The maximum atomic E-state index is 6.73. The molecular formula is C23H20O. The molecule has 0 saturated carbocycles. The molecule has 3 aromatic carbocycles. The Morgan fingerprint density at radius 2 is 1.42 bits per heavy atom. The van der Waals surface area contributed by atoms with Crippen LogP contribution in [0, 0.1) is 5.92 Å². The van der Waals surface area contributed by atoms with Crippen LogP contribution in [0.1, 0.15) is 34.8 Å². The van der Waals surface area contributed by atoms with Crippen molar-refractivity contribution in [1.29, 1.82) is 0 Å². The summed E-state index contributed by atoms with van der Waals surface area (Å²) in [6.45, 7) is 0. The normalized spacial score (nSPS) is 27.7. The predicted octanol–water partition coefficient (Wildman–Crippen LogP) is 5.26. The molecule has 1 aliphatic carbocycles. The van der Waals surface area contributed by atoms with Crippen LogP contribution in [0.5, 0.6) is 0 Å². The van der Waals surface area contributed by atoms with Gasteiger partial charge in [-0.1, -0.05) is 84.9 Å². The molecule has 2 aliphatic rings. The van der Waals surface area contributed by atoms with Gasteiger partial charge in [-0.25, -0.2) is 0 Å². The maximum absolute atomic E-state index is 6.73. The summed E-state index contributed by atoms with van der Waals surface area (Å²) in [6, 6.07) is 30.2. The quantitative estimate of drug-likeness (QED) is 0.627. The van der Waals surface area contributed by atoms with Crippen molar-refractivity contribution in [1.82, 2.24) is 0 Å². The van der Waals surface area contributed by atoms with E-state index in [-0.39, 0.29) is 11.7 Å². The van der Waals surface area contributed by atoms with Crippen molar-refractivity contribution in [3.8, 4) is 0 Å². The van der Waals surface area contributed by atoms with Gasteiger partial charge < -0.3 is 4.74 Å². The Balaban J connectivity index is 1.66. The van der Waals surface area contributed by atoms with Crippen LogP contribution in [-0.2, 0) is 16.8 Å². The van der Waals surface area contributed by atoms with Crippen LogP contribution in [-0.4, -0.2) is 0 Å². The van der Waals surface area contributed by atoms with Gasteiger partial charge in [0.05, 0.1) is 6.10 Å². The van der Waals surface area contributed by atoms with Crippen molar-refractivity contribution in [2.45, 2.75) is 24.5 Å². The molecule has 1 aliphatic heterocycles. The van der Waals surface area contributed by atoms with Crippen LogP contribution in [0.4, 0.5) is 0 Å². The molecule has 0 unspecified atom stereocenters. The zero-order valence-corrected chi connectivity index (χ0v) is 13.6. The van der Waals surface area contributed by atoms with E-state index in [1.54, 1.807) is 0 Å². The van der Waals surface area contributed by atoms with Crippen molar-refractivity contribution in [2.75, 3.05) is 0 Å². The Morgan fingerprint density at radius 3 is 2.21 bits per heavy atom. The summed E-state index contributed by atoms with van der Waals surface area (Å²) in [5.74, 6) is 0.497. The summed E-state index contributed by atoms with van der Waals surface area (Å²) in [7, 11) is 0. The second-order valence-corrected chi connectivity index (χ2v) is 6.85. The predicted molar refractivity (Wildman–Crippen MR) is 95.7 cm³/mol. The van der Waals surface area contributed by atoms with Gasteiger partial charge in [0, 0.05) is 5.92 Å². The number of rotatable bonds is 2. The average Bonchev–Trinajstić information content (AvgIpc) is 2.64. The number of hydrogen-bond acceptors (Lipinski definition) is 1. The van der Waals surface area contributed by atoms with Crippen molar-refractivity contribution in [3.63, 3.8) is 0 Å². The van der Waals surface area contributed by atoms with Crippen LogP contribution >= 0.6 is 0 Å². The van der Waals surface area contributed by atoms with Crippen molar-refractivity contribution < 1.29 is 4.74 Å². The van der Waals surface area contributed by atoms with Gasteiger partial charge in [0.25, 0.3) is 0 Å². The Hall–Kier alpha value is -2.38. The van der Waals surface area contributed by atoms with Crippen LogP contribution in [0.3, 0.4) is 0 Å². The van der Waals surface area contributed by atoms with Gasteiger partial charge in [-0.05, 0) is 35.1 Å². The van der Waals surface area contributed by atoms with E-state index in [1.807, 2.05) is 0 Å². The van der Waals surface area contributed by atoms with Crippen LogP contribution in [0.15, 0.2) is 84.9 Å². The Labute approximate surface area is 142 Å². The van der Waals surface area contributed by atoms with E-state index >= 15 is 0 Å². The molecule has 1 nitrogen and oxygen atoms in total. The Morgan fingerprint density at radius 1 is 0.750 bits per heavy atom. The second kappa shape index (κ2) is 5.32. The molecule has 1 fully saturated rings.